The van der Waals surface area contributed by atoms with E-state index in [9.17, 15) is 0 Å². The second kappa shape index (κ2) is 7.30. The molecule has 2 N–H and O–H groups in total. The number of amidine groups is 1. The predicted molar refractivity (Wildman–Crippen MR) is 63.9 cm³/mol. The highest BCUT2D eigenvalue weighted by Gasteiger charge is 1.99. The number of allylic oxidation sites excluding steroid dienone is 1. The van der Waals surface area contributed by atoms with Crippen molar-refractivity contribution in [1.29, 1.82) is 0 Å². The van der Waals surface area contributed by atoms with Gasteiger partial charge in [0.2, 0.25) is 0 Å². The molecule has 0 fully saturated rings. The van der Waals surface area contributed by atoms with Crippen LogP contribution in [-0.2, 0) is 0 Å². The Labute approximate surface area is 86.8 Å². The smallest absolute Gasteiger partial charge is 0.151 e. The molecule has 0 saturated heterocycles. The zero-order valence-electron chi connectivity index (χ0n) is 9.62. The van der Waals surface area contributed by atoms with E-state index in [1.807, 2.05) is 20.8 Å². The van der Waals surface area contributed by atoms with Crippen molar-refractivity contribution >= 4 is 12.2 Å². The molecule has 0 aromatic heterocycles. The molecule has 0 heterocycles. The van der Waals surface area contributed by atoms with Crippen LogP contribution in [0.15, 0.2) is 21.6 Å². The summed E-state index contributed by atoms with van der Waals surface area (Å²) in [6.45, 7) is 8.22. The normalized spacial score (nSPS) is 14.4. The van der Waals surface area contributed by atoms with Crippen molar-refractivity contribution in [2.75, 3.05) is 0 Å². The summed E-state index contributed by atoms with van der Waals surface area (Å²) in [6, 6.07) is 0.249. The van der Waals surface area contributed by atoms with Crippen LogP contribution < -0.4 is 5.73 Å². The van der Waals surface area contributed by atoms with Crippen LogP contribution in [0.2, 0.25) is 0 Å². The monoisotopic (exact) mass is 195 g/mol. The van der Waals surface area contributed by atoms with E-state index in [1.165, 1.54) is 6.34 Å². The van der Waals surface area contributed by atoms with Crippen molar-refractivity contribution < 1.29 is 0 Å². The maximum Gasteiger partial charge on any atom is 0.151 e. The van der Waals surface area contributed by atoms with Crippen LogP contribution in [0.5, 0.6) is 0 Å². The highest BCUT2D eigenvalue weighted by atomic mass is 14.9. The van der Waals surface area contributed by atoms with E-state index >= 15 is 0 Å². The van der Waals surface area contributed by atoms with Crippen molar-refractivity contribution in [3.05, 3.63) is 11.6 Å². The predicted octanol–water partition coefficient (Wildman–Crippen LogP) is 2.53. The summed E-state index contributed by atoms with van der Waals surface area (Å²) < 4.78 is 0. The molecule has 0 rings (SSSR count). The molecule has 80 valence electrons. The number of nitrogens with zero attached hydrogens (tertiary/aromatic N) is 2. The van der Waals surface area contributed by atoms with Crippen molar-refractivity contribution in [2.45, 2.75) is 46.6 Å². The third-order valence-electron chi connectivity index (χ3n) is 1.67. The van der Waals surface area contributed by atoms with Crippen LogP contribution in [0.1, 0.15) is 40.5 Å². The SMILES string of the molecule is CCC/C=C(\C)C(N=CN)=NC(C)C. The summed E-state index contributed by atoms with van der Waals surface area (Å²) in [5.41, 5.74) is 6.37. The maximum atomic E-state index is 5.27. The van der Waals surface area contributed by atoms with Crippen LogP contribution >= 0.6 is 0 Å². The first kappa shape index (κ1) is 12.9. The molecule has 0 atom stereocenters. The summed E-state index contributed by atoms with van der Waals surface area (Å²) >= 11 is 0. The topological polar surface area (TPSA) is 50.7 Å². The van der Waals surface area contributed by atoms with Gasteiger partial charge in [0, 0.05) is 6.04 Å². The fraction of sp³-hybridized carbons (Fsp3) is 0.636. The molecular weight excluding hydrogens is 174 g/mol. The second-order valence-corrected chi connectivity index (χ2v) is 3.50. The molecular formula is C11H21N3. The van der Waals surface area contributed by atoms with Gasteiger partial charge in [0.1, 0.15) is 0 Å². The Bertz CT molecular complexity index is 237. The lowest BCUT2D eigenvalue weighted by atomic mass is 10.2. The number of hydrogen-bond acceptors (Lipinski definition) is 1. The summed E-state index contributed by atoms with van der Waals surface area (Å²) in [5.74, 6) is 0.746. The van der Waals surface area contributed by atoms with Crippen molar-refractivity contribution in [2.24, 2.45) is 15.7 Å². The fourth-order valence-corrected chi connectivity index (χ4v) is 1.00. The zero-order valence-corrected chi connectivity index (χ0v) is 9.62. The van der Waals surface area contributed by atoms with Crippen molar-refractivity contribution in [3.8, 4) is 0 Å². The molecule has 0 amide bonds. The quantitative estimate of drug-likeness (QED) is 0.544. The van der Waals surface area contributed by atoms with Crippen LogP contribution in [0.4, 0.5) is 0 Å². The zero-order chi connectivity index (χ0) is 11.0. The van der Waals surface area contributed by atoms with Gasteiger partial charge in [0.15, 0.2) is 5.84 Å². The Morgan fingerprint density at radius 3 is 2.50 bits per heavy atom. The Kier molecular flexibility index (Phi) is 6.72. The molecule has 0 aromatic rings. The van der Waals surface area contributed by atoms with Crippen LogP contribution in [-0.4, -0.2) is 18.2 Å². The summed E-state index contributed by atoms with van der Waals surface area (Å²) in [5, 5.41) is 0. The Hall–Kier alpha value is -1.12. The van der Waals surface area contributed by atoms with E-state index in [1.54, 1.807) is 0 Å². The molecule has 14 heavy (non-hydrogen) atoms. The van der Waals surface area contributed by atoms with Gasteiger partial charge in [0.05, 0.1) is 6.34 Å². The first-order chi connectivity index (χ1) is 6.61. The van der Waals surface area contributed by atoms with Gasteiger partial charge in [-0.2, -0.15) is 0 Å². The third-order valence-corrected chi connectivity index (χ3v) is 1.67. The lowest BCUT2D eigenvalue weighted by molar-refractivity contribution is 0.833. The molecule has 0 radical (unpaired) electrons. The first-order valence-corrected chi connectivity index (χ1v) is 5.11. The number of rotatable bonds is 4. The molecule has 3 heteroatoms. The maximum absolute atomic E-state index is 5.27. The van der Waals surface area contributed by atoms with Crippen LogP contribution in [0.3, 0.4) is 0 Å². The highest BCUT2D eigenvalue weighted by molar-refractivity contribution is 6.01. The number of nitrogens with two attached hydrogens (primary N) is 1. The standard InChI is InChI=1S/C11H21N3/c1-5-6-7-10(4)11(13-8-12)14-9(2)3/h7-9H,5-6H2,1-4H3,(H2,12,13,14)/b10-7+. The number of aliphatic imine (C=N–C) groups is 2. The van der Waals surface area contributed by atoms with E-state index < -0.39 is 0 Å². The van der Waals surface area contributed by atoms with E-state index in [0.717, 1.165) is 24.3 Å². The second-order valence-electron chi connectivity index (χ2n) is 3.50. The lowest BCUT2D eigenvalue weighted by Gasteiger charge is -2.03. The molecule has 0 aliphatic rings. The summed E-state index contributed by atoms with van der Waals surface area (Å²) in [7, 11) is 0. The fourth-order valence-electron chi connectivity index (χ4n) is 1.00. The van der Waals surface area contributed by atoms with Crippen LogP contribution in [0.25, 0.3) is 0 Å². The minimum absolute atomic E-state index is 0.249. The largest absolute Gasteiger partial charge is 0.390 e. The van der Waals surface area contributed by atoms with Crippen molar-refractivity contribution in [1.82, 2.24) is 0 Å². The minimum Gasteiger partial charge on any atom is -0.390 e. The van der Waals surface area contributed by atoms with Gasteiger partial charge < -0.3 is 5.73 Å². The van der Waals surface area contributed by atoms with Gasteiger partial charge in [-0.3, -0.25) is 4.99 Å². The van der Waals surface area contributed by atoms with Gasteiger partial charge in [-0.25, -0.2) is 4.99 Å². The number of hydrogen-bond donors (Lipinski definition) is 1. The lowest BCUT2D eigenvalue weighted by Crippen LogP contribution is -2.04. The Morgan fingerprint density at radius 1 is 1.43 bits per heavy atom. The molecule has 0 saturated carbocycles. The Morgan fingerprint density at radius 2 is 2.07 bits per heavy atom. The van der Waals surface area contributed by atoms with E-state index in [2.05, 4.69) is 23.0 Å². The molecule has 0 aliphatic carbocycles. The highest BCUT2D eigenvalue weighted by Crippen LogP contribution is 2.04. The summed E-state index contributed by atoms with van der Waals surface area (Å²) in [4.78, 5) is 8.44. The average Bonchev–Trinajstić information content (AvgIpc) is 2.13. The molecule has 0 unspecified atom stereocenters. The van der Waals surface area contributed by atoms with Gasteiger partial charge >= 0.3 is 0 Å². The molecule has 0 spiro atoms. The molecule has 0 bridgehead atoms. The molecule has 0 aliphatic heterocycles. The minimum atomic E-state index is 0.249. The van der Waals surface area contributed by atoms with E-state index in [4.69, 9.17) is 5.73 Å². The number of unbranched alkanes of at least 4 members (excludes halogenated alkanes) is 1. The van der Waals surface area contributed by atoms with Crippen molar-refractivity contribution in [3.63, 3.8) is 0 Å². The first-order valence-electron chi connectivity index (χ1n) is 5.11. The Balaban J connectivity index is 4.65. The van der Waals surface area contributed by atoms with Gasteiger partial charge in [-0.15, -0.1) is 0 Å². The van der Waals surface area contributed by atoms with E-state index in [-0.39, 0.29) is 6.04 Å². The average molecular weight is 195 g/mol. The van der Waals surface area contributed by atoms with E-state index in [0.29, 0.717) is 0 Å². The molecule has 3 nitrogen and oxygen atoms in total. The third kappa shape index (κ3) is 5.51. The van der Waals surface area contributed by atoms with Crippen LogP contribution in [0, 0.1) is 0 Å². The van der Waals surface area contributed by atoms with Gasteiger partial charge in [-0.05, 0) is 32.8 Å². The van der Waals surface area contributed by atoms with Gasteiger partial charge in [0.25, 0.3) is 0 Å². The molecule has 0 aromatic carbocycles. The summed E-state index contributed by atoms with van der Waals surface area (Å²) in [6.07, 6.45) is 5.64. The van der Waals surface area contributed by atoms with Gasteiger partial charge in [-0.1, -0.05) is 19.4 Å².